The van der Waals surface area contributed by atoms with Crippen molar-refractivity contribution in [2.45, 2.75) is 88.4 Å². The van der Waals surface area contributed by atoms with E-state index in [0.29, 0.717) is 13.0 Å². The van der Waals surface area contributed by atoms with E-state index in [1.165, 1.54) is 4.90 Å². The number of hydrogen-bond donors (Lipinski definition) is 2. The third-order valence-corrected chi connectivity index (χ3v) is 8.30. The summed E-state index contributed by atoms with van der Waals surface area (Å²) in [6.45, 7) is 8.25. The molecule has 3 aliphatic heterocycles. The first-order chi connectivity index (χ1) is 15.3. The highest BCUT2D eigenvalue weighted by atomic mass is 79.9. The molecule has 9 heteroatoms. The fourth-order valence-electron chi connectivity index (χ4n) is 5.73. The number of rotatable bonds is 11. The van der Waals surface area contributed by atoms with Crippen molar-refractivity contribution in [1.29, 1.82) is 0 Å². The lowest BCUT2D eigenvalue weighted by Crippen LogP contribution is -2.59. The number of alkyl halides is 1. The summed E-state index contributed by atoms with van der Waals surface area (Å²) in [6, 6.07) is -1.42. The van der Waals surface area contributed by atoms with Crippen LogP contribution in [0.2, 0.25) is 0 Å². The van der Waals surface area contributed by atoms with E-state index in [0.717, 1.165) is 25.7 Å². The minimum atomic E-state index is -1.11. The monoisotopic (exact) mass is 516 g/mol. The summed E-state index contributed by atoms with van der Waals surface area (Å²) in [4.78, 5) is 41.6. The molecule has 3 heterocycles. The Hall–Kier alpha value is -1.19. The average molecular weight is 517 g/mol. The first-order valence-corrected chi connectivity index (χ1v) is 12.9. The molecule has 2 amide bonds. The predicted octanol–water partition coefficient (Wildman–Crippen LogP) is 2.01. The third-order valence-electron chi connectivity index (χ3n) is 7.46. The van der Waals surface area contributed by atoms with Crippen LogP contribution in [0.5, 0.6) is 0 Å². The van der Waals surface area contributed by atoms with Crippen LogP contribution in [0, 0.1) is 17.8 Å². The van der Waals surface area contributed by atoms with Gasteiger partial charge in [0.15, 0.2) is 0 Å². The average Bonchev–Trinajstić information content (AvgIpc) is 3.35. The van der Waals surface area contributed by atoms with Crippen molar-refractivity contribution in [3.63, 3.8) is 0 Å². The summed E-state index contributed by atoms with van der Waals surface area (Å²) >= 11 is 3.63. The fourth-order valence-corrected chi connectivity index (χ4v) is 6.67. The number of hydrogen-bond acceptors (Lipinski definition) is 6. The molecule has 0 radical (unpaired) electrons. The van der Waals surface area contributed by atoms with Gasteiger partial charge < -0.3 is 24.8 Å². The van der Waals surface area contributed by atoms with Gasteiger partial charge in [0.2, 0.25) is 11.8 Å². The van der Waals surface area contributed by atoms with E-state index < -0.39 is 41.6 Å². The van der Waals surface area contributed by atoms with Crippen molar-refractivity contribution >= 4 is 33.7 Å². The Kier molecular flexibility index (Phi) is 8.25. The molecule has 0 aromatic carbocycles. The van der Waals surface area contributed by atoms with Crippen molar-refractivity contribution in [2.24, 2.45) is 17.8 Å². The molecule has 1 spiro atoms. The maximum absolute atomic E-state index is 13.8. The number of nitrogens with zero attached hydrogens (tertiary/aromatic N) is 1. The minimum absolute atomic E-state index is 0.0208. The number of unbranched alkanes of at least 4 members (excludes halogenated alkanes) is 2. The van der Waals surface area contributed by atoms with E-state index in [-0.39, 0.29) is 35.8 Å². The van der Waals surface area contributed by atoms with Gasteiger partial charge in [0.1, 0.15) is 11.6 Å². The van der Waals surface area contributed by atoms with Gasteiger partial charge in [0.05, 0.1) is 37.2 Å². The summed E-state index contributed by atoms with van der Waals surface area (Å²) in [5.41, 5.74) is -1.11. The molecule has 8 atom stereocenters. The van der Waals surface area contributed by atoms with Crippen LogP contribution in [-0.4, -0.2) is 76.2 Å². The molecule has 182 valence electrons. The van der Waals surface area contributed by atoms with E-state index in [2.05, 4.69) is 28.2 Å². The Morgan fingerprint density at radius 2 is 2.06 bits per heavy atom. The number of aliphatic hydroxyl groups is 1. The molecule has 0 aliphatic carbocycles. The van der Waals surface area contributed by atoms with Crippen LogP contribution in [0.15, 0.2) is 0 Å². The van der Waals surface area contributed by atoms with Crippen LogP contribution in [0.3, 0.4) is 0 Å². The van der Waals surface area contributed by atoms with Crippen LogP contribution < -0.4 is 5.32 Å². The number of fused-ring (bicyclic) bond motifs is 1. The van der Waals surface area contributed by atoms with E-state index in [9.17, 15) is 19.5 Å². The molecule has 3 rings (SSSR count). The number of aliphatic hydroxyl groups excluding tert-OH is 1. The SMILES string of the molecule is CCCCCNC(=O)C1N([C@@H](CO)[C@@H](C)CC)C(=O)[C@@H]2[C@@H](C(=O)OCC)[C@@H]3OC12CC3Br. The first-order valence-electron chi connectivity index (χ1n) is 12.0. The molecular weight excluding hydrogens is 480 g/mol. The van der Waals surface area contributed by atoms with Crippen LogP contribution in [0.25, 0.3) is 0 Å². The van der Waals surface area contributed by atoms with Gasteiger partial charge in [-0.2, -0.15) is 0 Å². The van der Waals surface area contributed by atoms with Gasteiger partial charge in [0.25, 0.3) is 0 Å². The topological polar surface area (TPSA) is 105 Å². The largest absolute Gasteiger partial charge is 0.466 e. The zero-order valence-electron chi connectivity index (χ0n) is 19.5. The van der Waals surface area contributed by atoms with Crippen LogP contribution in [-0.2, 0) is 23.9 Å². The van der Waals surface area contributed by atoms with Gasteiger partial charge in [-0.3, -0.25) is 14.4 Å². The van der Waals surface area contributed by atoms with Gasteiger partial charge in [-0.15, -0.1) is 0 Å². The zero-order chi connectivity index (χ0) is 23.6. The van der Waals surface area contributed by atoms with Crippen molar-refractivity contribution < 1.29 is 29.0 Å². The lowest BCUT2D eigenvalue weighted by atomic mass is 9.70. The number of likely N-dealkylation sites (tertiary alicyclic amines) is 1. The summed E-state index contributed by atoms with van der Waals surface area (Å²) in [6.07, 6.45) is 3.56. The highest BCUT2D eigenvalue weighted by molar-refractivity contribution is 9.09. The molecule has 0 aromatic rings. The summed E-state index contributed by atoms with van der Waals surface area (Å²) in [5.74, 6) is -2.61. The molecule has 3 fully saturated rings. The van der Waals surface area contributed by atoms with Gasteiger partial charge in [-0.05, 0) is 25.7 Å². The maximum atomic E-state index is 13.8. The molecule has 3 unspecified atom stereocenters. The minimum Gasteiger partial charge on any atom is -0.466 e. The Morgan fingerprint density at radius 1 is 1.34 bits per heavy atom. The number of amides is 2. The second kappa shape index (κ2) is 10.4. The van der Waals surface area contributed by atoms with Crippen LogP contribution >= 0.6 is 15.9 Å². The fraction of sp³-hybridized carbons (Fsp3) is 0.870. The van der Waals surface area contributed by atoms with E-state index in [1.807, 2.05) is 13.8 Å². The Balaban J connectivity index is 2.01. The molecule has 3 aliphatic rings. The highest BCUT2D eigenvalue weighted by Gasteiger charge is 2.77. The highest BCUT2D eigenvalue weighted by Crippen LogP contribution is 2.60. The second-order valence-corrected chi connectivity index (χ2v) is 10.5. The molecule has 32 heavy (non-hydrogen) atoms. The maximum Gasteiger partial charge on any atom is 0.312 e. The quantitative estimate of drug-likeness (QED) is 0.247. The van der Waals surface area contributed by atoms with Gasteiger partial charge >= 0.3 is 5.97 Å². The van der Waals surface area contributed by atoms with Gasteiger partial charge in [0, 0.05) is 11.4 Å². The molecular formula is C23H37BrN2O6. The molecule has 0 aromatic heterocycles. The zero-order valence-corrected chi connectivity index (χ0v) is 21.1. The van der Waals surface area contributed by atoms with Crippen molar-refractivity contribution in [2.75, 3.05) is 19.8 Å². The second-order valence-electron chi connectivity index (χ2n) is 9.29. The summed E-state index contributed by atoms with van der Waals surface area (Å²) in [7, 11) is 0. The normalized spacial score (nSPS) is 35.0. The third kappa shape index (κ3) is 4.09. The number of carbonyl (C=O) groups excluding carboxylic acids is 3. The van der Waals surface area contributed by atoms with Crippen molar-refractivity contribution in [3.8, 4) is 0 Å². The van der Waals surface area contributed by atoms with E-state index >= 15 is 0 Å². The van der Waals surface area contributed by atoms with Crippen LogP contribution in [0.4, 0.5) is 0 Å². The van der Waals surface area contributed by atoms with Crippen molar-refractivity contribution in [3.05, 3.63) is 0 Å². The van der Waals surface area contributed by atoms with Gasteiger partial charge in [-0.25, -0.2) is 0 Å². The lowest BCUT2D eigenvalue weighted by molar-refractivity contribution is -0.155. The smallest absolute Gasteiger partial charge is 0.312 e. The first kappa shape index (κ1) is 25.4. The molecule has 2 bridgehead atoms. The number of ether oxygens (including phenoxy) is 2. The van der Waals surface area contributed by atoms with Crippen molar-refractivity contribution in [1.82, 2.24) is 10.2 Å². The van der Waals surface area contributed by atoms with Gasteiger partial charge in [-0.1, -0.05) is 56.0 Å². The molecule has 8 nitrogen and oxygen atoms in total. The number of esters is 1. The summed E-state index contributed by atoms with van der Waals surface area (Å²) in [5, 5.41) is 13.2. The van der Waals surface area contributed by atoms with E-state index in [1.54, 1.807) is 6.92 Å². The number of nitrogens with one attached hydrogen (secondary N) is 1. The summed E-state index contributed by atoms with van der Waals surface area (Å²) < 4.78 is 11.7. The van der Waals surface area contributed by atoms with Crippen LogP contribution in [0.1, 0.15) is 59.8 Å². The Morgan fingerprint density at radius 3 is 2.66 bits per heavy atom. The molecule has 3 saturated heterocycles. The lowest BCUT2D eigenvalue weighted by Gasteiger charge is -2.38. The molecule has 0 saturated carbocycles. The Labute approximate surface area is 198 Å². The molecule has 2 N–H and O–H groups in total. The Bertz CT molecular complexity index is 721. The number of halogens is 1. The number of carbonyl (C=O) groups is 3. The standard InChI is InChI=1S/C23H37BrN2O6/c1-5-8-9-10-25-20(28)19-23-11-14(24)18(32-23)16(22(30)31-7-3)17(23)21(29)26(19)15(12-27)13(4)6-2/h13-19,27H,5-12H2,1-4H3,(H,25,28)/t13-,14?,15-,16+,17-,18+,19?,23?/m0/s1. The predicted molar refractivity (Wildman–Crippen MR) is 122 cm³/mol. The van der Waals surface area contributed by atoms with E-state index in [4.69, 9.17) is 9.47 Å².